The Balaban J connectivity index is 1.65. The van der Waals surface area contributed by atoms with Gasteiger partial charge in [0.25, 0.3) is 0 Å². The Kier molecular flexibility index (Phi) is 4.56. The van der Waals surface area contributed by atoms with Crippen LogP contribution in [0.3, 0.4) is 0 Å². The molecule has 2 saturated heterocycles. The number of carbonyl (C=O) groups is 1. The first kappa shape index (κ1) is 18.8. The first-order valence-corrected chi connectivity index (χ1v) is 8.74. The Hall–Kier alpha value is -1.99. The number of hydrogen-bond acceptors (Lipinski definition) is 4. The summed E-state index contributed by atoms with van der Waals surface area (Å²) in [4.78, 5) is 19.2. The van der Waals surface area contributed by atoms with E-state index < -0.39 is 17.5 Å². The van der Waals surface area contributed by atoms with Gasteiger partial charge in [0.15, 0.2) is 0 Å². The predicted octanol–water partition coefficient (Wildman–Crippen LogP) is 3.94. The SMILES string of the molecule is CC(C)(C)OC(=O)N1CC2(CCCN(c3ccnc(C(F)(F)F)c3)C2)C1. The number of carbonyl (C=O) groups excluding carboxylic acids is 1. The fourth-order valence-electron chi connectivity index (χ4n) is 3.68. The average molecular weight is 371 g/mol. The van der Waals surface area contributed by atoms with E-state index in [2.05, 4.69) is 4.98 Å². The molecule has 8 heteroatoms. The first-order chi connectivity index (χ1) is 12.0. The fourth-order valence-corrected chi connectivity index (χ4v) is 3.68. The van der Waals surface area contributed by atoms with Crippen molar-refractivity contribution in [1.29, 1.82) is 0 Å². The normalized spacial score (nSPS) is 20.1. The van der Waals surface area contributed by atoms with Crippen molar-refractivity contribution < 1.29 is 22.7 Å². The van der Waals surface area contributed by atoms with Crippen molar-refractivity contribution in [3.05, 3.63) is 24.0 Å². The molecule has 26 heavy (non-hydrogen) atoms. The number of aromatic nitrogens is 1. The predicted molar refractivity (Wildman–Crippen MR) is 90.9 cm³/mol. The molecule has 1 aromatic rings. The third-order valence-corrected chi connectivity index (χ3v) is 4.76. The Morgan fingerprint density at radius 3 is 2.54 bits per heavy atom. The molecule has 2 aliphatic rings. The topological polar surface area (TPSA) is 45.7 Å². The highest BCUT2D eigenvalue weighted by molar-refractivity contribution is 5.69. The number of amides is 1. The van der Waals surface area contributed by atoms with E-state index in [1.807, 2.05) is 25.7 Å². The summed E-state index contributed by atoms with van der Waals surface area (Å²) in [6.07, 6.45) is -1.74. The van der Waals surface area contributed by atoms with Gasteiger partial charge in [-0.05, 0) is 45.7 Å². The molecule has 0 saturated carbocycles. The lowest BCUT2D eigenvalue weighted by atomic mass is 9.73. The minimum absolute atomic E-state index is 0.0726. The quantitative estimate of drug-likeness (QED) is 0.750. The molecule has 1 amide bonds. The summed E-state index contributed by atoms with van der Waals surface area (Å²) in [5.41, 5.74) is -0.957. The van der Waals surface area contributed by atoms with Crippen LogP contribution in [0.2, 0.25) is 0 Å². The van der Waals surface area contributed by atoms with E-state index in [4.69, 9.17) is 4.74 Å². The molecule has 0 bridgehead atoms. The number of halogens is 3. The van der Waals surface area contributed by atoms with Gasteiger partial charge in [-0.1, -0.05) is 0 Å². The molecular formula is C18H24F3N3O2. The number of ether oxygens (including phenoxy) is 1. The average Bonchev–Trinajstić information content (AvgIpc) is 2.50. The standard InChI is InChI=1S/C18H24F3N3O2/c1-16(2,3)26-15(25)24-11-17(12-24)6-4-8-23(10-17)13-5-7-22-14(9-13)18(19,20)21/h5,7,9H,4,6,8,10-12H2,1-3H3. The van der Waals surface area contributed by atoms with Crippen LogP contribution < -0.4 is 4.90 Å². The van der Waals surface area contributed by atoms with Crippen LogP contribution in [-0.2, 0) is 10.9 Å². The van der Waals surface area contributed by atoms with Crippen LogP contribution >= 0.6 is 0 Å². The number of piperidine rings is 1. The van der Waals surface area contributed by atoms with Crippen molar-refractivity contribution in [2.75, 3.05) is 31.1 Å². The number of hydrogen-bond donors (Lipinski definition) is 0. The summed E-state index contributed by atoms with van der Waals surface area (Å²) in [5, 5.41) is 0. The lowest BCUT2D eigenvalue weighted by Crippen LogP contribution is -2.64. The maximum absolute atomic E-state index is 12.9. The molecule has 1 aromatic heterocycles. The zero-order valence-electron chi connectivity index (χ0n) is 15.3. The largest absolute Gasteiger partial charge is 0.444 e. The van der Waals surface area contributed by atoms with Crippen molar-refractivity contribution in [3.8, 4) is 0 Å². The summed E-state index contributed by atoms with van der Waals surface area (Å²) in [6.45, 7) is 7.97. The molecule has 0 radical (unpaired) electrons. The number of anilines is 1. The Bertz CT molecular complexity index is 679. The van der Waals surface area contributed by atoms with Crippen LogP contribution in [0, 0.1) is 5.41 Å². The molecular weight excluding hydrogens is 347 g/mol. The van der Waals surface area contributed by atoms with Crippen molar-refractivity contribution in [3.63, 3.8) is 0 Å². The summed E-state index contributed by atoms with van der Waals surface area (Å²) >= 11 is 0. The summed E-state index contributed by atoms with van der Waals surface area (Å²) in [6, 6.07) is 2.71. The summed E-state index contributed by atoms with van der Waals surface area (Å²) in [7, 11) is 0. The zero-order valence-corrected chi connectivity index (χ0v) is 15.3. The van der Waals surface area contributed by atoms with Gasteiger partial charge in [-0.15, -0.1) is 0 Å². The Labute approximate surface area is 151 Å². The molecule has 0 aromatic carbocycles. The van der Waals surface area contributed by atoms with Gasteiger partial charge in [0.05, 0.1) is 0 Å². The molecule has 5 nitrogen and oxygen atoms in total. The van der Waals surface area contributed by atoms with Crippen LogP contribution in [0.25, 0.3) is 0 Å². The third-order valence-electron chi connectivity index (χ3n) is 4.76. The van der Waals surface area contributed by atoms with Gasteiger partial charge in [0.2, 0.25) is 0 Å². The second kappa shape index (κ2) is 6.32. The van der Waals surface area contributed by atoms with E-state index >= 15 is 0 Å². The number of rotatable bonds is 1. The van der Waals surface area contributed by atoms with Crippen molar-refractivity contribution in [1.82, 2.24) is 9.88 Å². The van der Waals surface area contributed by atoms with Crippen LogP contribution in [0.5, 0.6) is 0 Å². The van der Waals surface area contributed by atoms with Crippen LogP contribution in [-0.4, -0.2) is 47.8 Å². The molecule has 144 valence electrons. The minimum atomic E-state index is -4.45. The molecule has 0 unspecified atom stereocenters. The Morgan fingerprint density at radius 1 is 1.23 bits per heavy atom. The molecule has 3 rings (SSSR count). The maximum Gasteiger partial charge on any atom is 0.433 e. The zero-order chi connectivity index (χ0) is 19.2. The number of alkyl halides is 3. The van der Waals surface area contributed by atoms with Crippen LogP contribution in [0.1, 0.15) is 39.3 Å². The van der Waals surface area contributed by atoms with E-state index in [1.54, 1.807) is 11.0 Å². The molecule has 0 N–H and O–H groups in total. The summed E-state index contributed by atoms with van der Waals surface area (Å²) in [5.74, 6) is 0. The van der Waals surface area contributed by atoms with Gasteiger partial charge in [0.1, 0.15) is 11.3 Å². The molecule has 2 fully saturated rings. The van der Waals surface area contributed by atoms with Gasteiger partial charge in [0, 0.05) is 43.5 Å². The minimum Gasteiger partial charge on any atom is -0.444 e. The van der Waals surface area contributed by atoms with E-state index in [-0.39, 0.29) is 11.5 Å². The monoisotopic (exact) mass is 371 g/mol. The second-order valence-corrected chi connectivity index (χ2v) is 8.26. The number of pyridine rings is 1. The van der Waals surface area contributed by atoms with Gasteiger partial charge >= 0.3 is 12.3 Å². The molecule has 3 heterocycles. The summed E-state index contributed by atoms with van der Waals surface area (Å²) < 4.78 is 44.1. The first-order valence-electron chi connectivity index (χ1n) is 8.74. The van der Waals surface area contributed by atoms with Crippen molar-refractivity contribution >= 4 is 11.8 Å². The highest BCUT2D eigenvalue weighted by Crippen LogP contribution is 2.41. The second-order valence-electron chi connectivity index (χ2n) is 8.26. The van der Waals surface area contributed by atoms with E-state index in [9.17, 15) is 18.0 Å². The van der Waals surface area contributed by atoms with Crippen molar-refractivity contribution in [2.45, 2.75) is 45.4 Å². The van der Waals surface area contributed by atoms with Gasteiger partial charge in [-0.25, -0.2) is 4.79 Å². The van der Waals surface area contributed by atoms with Gasteiger partial charge in [-0.2, -0.15) is 13.2 Å². The van der Waals surface area contributed by atoms with E-state index in [1.165, 1.54) is 6.20 Å². The lowest BCUT2D eigenvalue weighted by molar-refractivity contribution is -0.141. The maximum atomic E-state index is 12.9. The highest BCUT2D eigenvalue weighted by Gasteiger charge is 2.48. The van der Waals surface area contributed by atoms with E-state index in [0.717, 1.165) is 18.9 Å². The molecule has 1 spiro atoms. The number of nitrogens with zero attached hydrogens (tertiary/aromatic N) is 3. The van der Waals surface area contributed by atoms with Crippen molar-refractivity contribution in [2.24, 2.45) is 5.41 Å². The number of likely N-dealkylation sites (tertiary alicyclic amines) is 1. The van der Waals surface area contributed by atoms with Crippen LogP contribution in [0.15, 0.2) is 18.3 Å². The Morgan fingerprint density at radius 2 is 1.92 bits per heavy atom. The van der Waals surface area contributed by atoms with Crippen LogP contribution in [0.4, 0.5) is 23.7 Å². The molecule has 0 atom stereocenters. The third kappa shape index (κ3) is 4.04. The molecule has 2 aliphatic heterocycles. The van der Waals surface area contributed by atoms with E-state index in [0.29, 0.717) is 31.9 Å². The molecule has 0 aliphatic carbocycles. The fraction of sp³-hybridized carbons (Fsp3) is 0.667. The smallest absolute Gasteiger partial charge is 0.433 e. The van der Waals surface area contributed by atoms with Gasteiger partial charge in [-0.3, -0.25) is 4.98 Å². The lowest BCUT2D eigenvalue weighted by Gasteiger charge is -2.54. The highest BCUT2D eigenvalue weighted by atomic mass is 19.4. The van der Waals surface area contributed by atoms with Gasteiger partial charge < -0.3 is 14.5 Å².